The molecule has 1 aromatic rings. The number of ketones is 1. The van der Waals surface area contributed by atoms with Gasteiger partial charge in [0.25, 0.3) is 0 Å². The first kappa shape index (κ1) is 10.2. The van der Waals surface area contributed by atoms with Crippen molar-refractivity contribution in [3.8, 4) is 5.75 Å². The predicted octanol–water partition coefficient (Wildman–Crippen LogP) is 2.40. The first-order chi connectivity index (χ1) is 7.18. The van der Waals surface area contributed by atoms with Crippen LogP contribution in [0.15, 0.2) is 12.1 Å². The first-order valence-corrected chi connectivity index (χ1v) is 5.50. The normalized spacial score (nSPS) is 14.7. The minimum atomic E-state index is 0.188. The van der Waals surface area contributed by atoms with E-state index in [-0.39, 0.29) is 5.78 Å². The van der Waals surface area contributed by atoms with E-state index in [0.29, 0.717) is 12.2 Å². The molecule has 0 aromatic heterocycles. The van der Waals surface area contributed by atoms with Crippen molar-refractivity contribution in [1.82, 2.24) is 0 Å². The van der Waals surface area contributed by atoms with Crippen LogP contribution < -0.4 is 0 Å². The van der Waals surface area contributed by atoms with Crippen LogP contribution in [0.5, 0.6) is 5.75 Å². The van der Waals surface area contributed by atoms with Gasteiger partial charge in [-0.1, -0.05) is 6.07 Å². The summed E-state index contributed by atoms with van der Waals surface area (Å²) in [5, 5.41) is 9.73. The molecular weight excluding hydrogens is 188 g/mol. The molecule has 0 atom stereocenters. The maximum absolute atomic E-state index is 11.1. The first-order valence-electron chi connectivity index (χ1n) is 5.50. The van der Waals surface area contributed by atoms with E-state index in [1.165, 1.54) is 12.0 Å². The summed E-state index contributed by atoms with van der Waals surface area (Å²) in [5.41, 5.74) is 3.39. The zero-order valence-electron chi connectivity index (χ0n) is 9.05. The van der Waals surface area contributed by atoms with Crippen LogP contribution in [0.1, 0.15) is 36.5 Å². The summed E-state index contributed by atoms with van der Waals surface area (Å²) in [4.78, 5) is 11.1. The Labute approximate surface area is 89.9 Å². The molecule has 0 spiro atoms. The number of benzene rings is 1. The fraction of sp³-hybridized carbons (Fsp3) is 0.462. The molecule has 0 radical (unpaired) electrons. The van der Waals surface area contributed by atoms with Crippen molar-refractivity contribution in [2.75, 3.05) is 0 Å². The molecule has 1 N–H and O–H groups in total. The second-order valence-electron chi connectivity index (χ2n) is 4.29. The van der Waals surface area contributed by atoms with Crippen LogP contribution in [0.4, 0.5) is 0 Å². The third-order valence-corrected chi connectivity index (χ3v) is 3.05. The number of rotatable bonds is 2. The smallest absolute Gasteiger partial charge is 0.134 e. The Morgan fingerprint density at radius 2 is 1.93 bits per heavy atom. The highest BCUT2D eigenvalue weighted by atomic mass is 16.3. The Bertz CT molecular complexity index is 394. The SMILES string of the molecule is CC(=O)Cc1ccc(O)c2c1CCCC2. The summed E-state index contributed by atoms with van der Waals surface area (Å²) in [6, 6.07) is 3.61. The molecule has 0 amide bonds. The van der Waals surface area contributed by atoms with Crippen LogP contribution in [0.2, 0.25) is 0 Å². The fourth-order valence-corrected chi connectivity index (χ4v) is 2.36. The van der Waals surface area contributed by atoms with E-state index in [2.05, 4.69) is 0 Å². The van der Waals surface area contributed by atoms with Gasteiger partial charge in [-0.3, -0.25) is 4.79 Å². The number of hydrogen-bond acceptors (Lipinski definition) is 2. The Balaban J connectivity index is 2.43. The molecule has 80 valence electrons. The lowest BCUT2D eigenvalue weighted by Crippen LogP contribution is -2.09. The van der Waals surface area contributed by atoms with Crippen molar-refractivity contribution < 1.29 is 9.90 Å². The average Bonchev–Trinajstić information content (AvgIpc) is 2.22. The molecule has 1 aromatic carbocycles. The Hall–Kier alpha value is -1.31. The van der Waals surface area contributed by atoms with Crippen LogP contribution in [0.3, 0.4) is 0 Å². The van der Waals surface area contributed by atoms with Gasteiger partial charge in [0, 0.05) is 6.42 Å². The molecule has 0 saturated carbocycles. The minimum absolute atomic E-state index is 0.188. The van der Waals surface area contributed by atoms with Gasteiger partial charge < -0.3 is 5.11 Å². The van der Waals surface area contributed by atoms with Crippen molar-refractivity contribution in [1.29, 1.82) is 0 Å². The van der Waals surface area contributed by atoms with Gasteiger partial charge >= 0.3 is 0 Å². The summed E-state index contributed by atoms with van der Waals surface area (Å²) >= 11 is 0. The van der Waals surface area contributed by atoms with Gasteiger partial charge in [-0.05, 0) is 55.4 Å². The molecule has 15 heavy (non-hydrogen) atoms. The van der Waals surface area contributed by atoms with Gasteiger partial charge in [-0.25, -0.2) is 0 Å². The van der Waals surface area contributed by atoms with E-state index in [0.717, 1.165) is 30.4 Å². The third-order valence-electron chi connectivity index (χ3n) is 3.05. The predicted molar refractivity (Wildman–Crippen MR) is 59.1 cm³/mol. The molecule has 2 nitrogen and oxygen atoms in total. The van der Waals surface area contributed by atoms with E-state index < -0.39 is 0 Å². The van der Waals surface area contributed by atoms with Crippen LogP contribution in [-0.4, -0.2) is 10.9 Å². The van der Waals surface area contributed by atoms with Gasteiger partial charge in [0.05, 0.1) is 0 Å². The molecule has 0 aliphatic heterocycles. The molecule has 0 fully saturated rings. The van der Waals surface area contributed by atoms with Crippen molar-refractivity contribution >= 4 is 5.78 Å². The fourth-order valence-electron chi connectivity index (χ4n) is 2.36. The lowest BCUT2D eigenvalue weighted by atomic mass is 9.86. The number of aromatic hydroxyl groups is 1. The van der Waals surface area contributed by atoms with Crippen molar-refractivity contribution in [3.63, 3.8) is 0 Å². The van der Waals surface area contributed by atoms with E-state index in [1.807, 2.05) is 6.07 Å². The van der Waals surface area contributed by atoms with Gasteiger partial charge in [-0.2, -0.15) is 0 Å². The van der Waals surface area contributed by atoms with E-state index >= 15 is 0 Å². The molecule has 0 bridgehead atoms. The van der Waals surface area contributed by atoms with Crippen LogP contribution in [0, 0.1) is 0 Å². The molecule has 1 aliphatic carbocycles. The standard InChI is InChI=1S/C13H16O2/c1-9(14)8-10-6-7-13(15)12-5-3-2-4-11(10)12/h6-7,15H,2-5,8H2,1H3. The number of carbonyl (C=O) groups is 1. The molecule has 0 unspecified atom stereocenters. The average molecular weight is 204 g/mol. The summed E-state index contributed by atoms with van der Waals surface area (Å²) in [6.45, 7) is 1.61. The number of carbonyl (C=O) groups excluding carboxylic acids is 1. The van der Waals surface area contributed by atoms with Gasteiger partial charge in [-0.15, -0.1) is 0 Å². The summed E-state index contributed by atoms with van der Waals surface area (Å²) in [5.74, 6) is 0.588. The Morgan fingerprint density at radius 1 is 1.27 bits per heavy atom. The highest BCUT2D eigenvalue weighted by Crippen LogP contribution is 2.31. The largest absolute Gasteiger partial charge is 0.508 e. The lowest BCUT2D eigenvalue weighted by Gasteiger charge is -2.20. The molecular formula is C13H16O2. The summed E-state index contributed by atoms with van der Waals surface area (Å²) in [6.07, 6.45) is 4.77. The third kappa shape index (κ3) is 2.04. The van der Waals surface area contributed by atoms with E-state index in [9.17, 15) is 9.90 Å². The highest BCUT2D eigenvalue weighted by Gasteiger charge is 2.17. The molecule has 1 aliphatic rings. The number of fused-ring (bicyclic) bond motifs is 1. The van der Waals surface area contributed by atoms with Crippen molar-refractivity contribution in [2.45, 2.75) is 39.0 Å². The topological polar surface area (TPSA) is 37.3 Å². The van der Waals surface area contributed by atoms with Gasteiger partial charge in [0.15, 0.2) is 0 Å². The molecule has 2 heteroatoms. The zero-order valence-corrected chi connectivity index (χ0v) is 9.05. The number of Topliss-reactive ketones (excluding diaryl/α,β-unsaturated/α-hetero) is 1. The summed E-state index contributed by atoms with van der Waals surface area (Å²) < 4.78 is 0. The second kappa shape index (κ2) is 4.05. The number of phenolic OH excluding ortho intramolecular Hbond substituents is 1. The lowest BCUT2D eigenvalue weighted by molar-refractivity contribution is -0.116. The monoisotopic (exact) mass is 204 g/mol. The molecule has 2 rings (SSSR count). The minimum Gasteiger partial charge on any atom is -0.508 e. The van der Waals surface area contributed by atoms with Gasteiger partial charge in [0.2, 0.25) is 0 Å². The van der Waals surface area contributed by atoms with Crippen molar-refractivity contribution in [2.24, 2.45) is 0 Å². The highest BCUT2D eigenvalue weighted by molar-refractivity contribution is 5.78. The molecule has 0 heterocycles. The Kier molecular flexibility index (Phi) is 2.76. The number of hydrogen-bond donors (Lipinski definition) is 1. The second-order valence-corrected chi connectivity index (χ2v) is 4.29. The molecule has 0 saturated heterocycles. The van der Waals surface area contributed by atoms with Crippen LogP contribution >= 0.6 is 0 Å². The van der Waals surface area contributed by atoms with Crippen molar-refractivity contribution in [3.05, 3.63) is 28.8 Å². The number of phenols is 1. The summed E-state index contributed by atoms with van der Waals surface area (Å²) in [7, 11) is 0. The van der Waals surface area contributed by atoms with E-state index in [1.54, 1.807) is 13.0 Å². The quantitative estimate of drug-likeness (QED) is 0.803. The zero-order chi connectivity index (χ0) is 10.8. The van der Waals surface area contributed by atoms with Crippen LogP contribution in [-0.2, 0) is 24.1 Å². The maximum Gasteiger partial charge on any atom is 0.134 e. The van der Waals surface area contributed by atoms with Gasteiger partial charge in [0.1, 0.15) is 11.5 Å². The van der Waals surface area contributed by atoms with E-state index in [4.69, 9.17) is 0 Å². The maximum atomic E-state index is 11.1. The van der Waals surface area contributed by atoms with Crippen LogP contribution in [0.25, 0.3) is 0 Å². The Morgan fingerprint density at radius 3 is 2.60 bits per heavy atom.